The van der Waals surface area contributed by atoms with Crippen molar-refractivity contribution in [2.75, 3.05) is 7.11 Å². The summed E-state index contributed by atoms with van der Waals surface area (Å²) in [7, 11) is 1.41. The Balaban J connectivity index is 3.50. The molecule has 1 rings (SSSR count). The maximum absolute atomic E-state index is 10.8. The molecule has 0 aliphatic rings. The summed E-state index contributed by atoms with van der Waals surface area (Å²) in [5.74, 6) is -0.815. The van der Waals surface area contributed by atoms with Crippen molar-refractivity contribution in [3.63, 3.8) is 0 Å². The summed E-state index contributed by atoms with van der Waals surface area (Å²) >= 11 is 5.62. The molecule has 0 heterocycles. The molecular weight excluding hydrogens is 218 g/mol. The molecule has 0 radical (unpaired) electrons. The summed E-state index contributed by atoms with van der Waals surface area (Å²) < 4.78 is 4.94. The minimum atomic E-state index is -1.11. The molecule has 78 valence electrons. The lowest BCUT2D eigenvalue weighted by Crippen LogP contribution is -2.04. The standard InChI is InChI=1S/C10H8ClNO3/c1-15-9-3-2-6(10(13)14)7(4-11)8(9)5-12/h2-3H,4H2,1H3,(H,13,14). The lowest BCUT2D eigenvalue weighted by atomic mass is 10.0. The molecule has 15 heavy (non-hydrogen) atoms. The van der Waals surface area contributed by atoms with Gasteiger partial charge in [0.25, 0.3) is 0 Å². The van der Waals surface area contributed by atoms with Gasteiger partial charge >= 0.3 is 5.97 Å². The number of rotatable bonds is 3. The molecule has 0 aromatic heterocycles. The number of alkyl halides is 1. The predicted octanol–water partition coefficient (Wildman–Crippen LogP) is 2.00. The number of benzene rings is 1. The highest BCUT2D eigenvalue weighted by Crippen LogP contribution is 2.26. The van der Waals surface area contributed by atoms with Crippen LogP contribution in [0.2, 0.25) is 0 Å². The van der Waals surface area contributed by atoms with Crippen molar-refractivity contribution in [2.24, 2.45) is 0 Å². The van der Waals surface area contributed by atoms with E-state index in [0.29, 0.717) is 5.75 Å². The van der Waals surface area contributed by atoms with Crippen molar-refractivity contribution in [1.29, 1.82) is 5.26 Å². The van der Waals surface area contributed by atoms with E-state index < -0.39 is 5.97 Å². The largest absolute Gasteiger partial charge is 0.495 e. The number of hydrogen-bond acceptors (Lipinski definition) is 3. The van der Waals surface area contributed by atoms with Gasteiger partial charge in [0.15, 0.2) is 0 Å². The molecule has 0 fully saturated rings. The Morgan fingerprint density at radius 2 is 2.33 bits per heavy atom. The maximum atomic E-state index is 10.8. The monoisotopic (exact) mass is 225 g/mol. The number of carboxylic acid groups (broad SMARTS) is 1. The van der Waals surface area contributed by atoms with Gasteiger partial charge in [-0.1, -0.05) is 0 Å². The molecule has 0 aliphatic carbocycles. The van der Waals surface area contributed by atoms with Crippen molar-refractivity contribution in [3.05, 3.63) is 28.8 Å². The zero-order valence-corrected chi connectivity index (χ0v) is 8.71. The van der Waals surface area contributed by atoms with Gasteiger partial charge in [-0.15, -0.1) is 11.6 Å². The average Bonchev–Trinajstić information content (AvgIpc) is 2.26. The number of nitrogens with zero attached hydrogens (tertiary/aromatic N) is 1. The van der Waals surface area contributed by atoms with Crippen LogP contribution in [-0.2, 0) is 5.88 Å². The summed E-state index contributed by atoms with van der Waals surface area (Å²) in [6.07, 6.45) is 0. The van der Waals surface area contributed by atoms with Gasteiger partial charge in [-0.25, -0.2) is 4.79 Å². The highest BCUT2D eigenvalue weighted by Gasteiger charge is 2.17. The smallest absolute Gasteiger partial charge is 0.336 e. The van der Waals surface area contributed by atoms with Gasteiger partial charge in [-0.3, -0.25) is 0 Å². The topological polar surface area (TPSA) is 70.3 Å². The van der Waals surface area contributed by atoms with Crippen molar-refractivity contribution in [1.82, 2.24) is 0 Å². The van der Waals surface area contributed by atoms with Gasteiger partial charge < -0.3 is 9.84 Å². The molecule has 0 amide bonds. The summed E-state index contributed by atoms with van der Waals surface area (Å²) in [5, 5.41) is 17.8. The van der Waals surface area contributed by atoms with Gasteiger partial charge in [0, 0.05) is 11.4 Å². The van der Waals surface area contributed by atoms with Crippen molar-refractivity contribution in [3.8, 4) is 11.8 Å². The van der Waals surface area contributed by atoms with E-state index in [0.717, 1.165) is 0 Å². The van der Waals surface area contributed by atoms with Crippen LogP contribution in [0.5, 0.6) is 5.75 Å². The number of methoxy groups -OCH3 is 1. The van der Waals surface area contributed by atoms with Crippen LogP contribution in [0.25, 0.3) is 0 Å². The van der Waals surface area contributed by atoms with Gasteiger partial charge in [0.2, 0.25) is 0 Å². The van der Waals surface area contributed by atoms with E-state index in [-0.39, 0.29) is 22.6 Å². The van der Waals surface area contributed by atoms with E-state index in [1.807, 2.05) is 6.07 Å². The Morgan fingerprint density at radius 1 is 1.67 bits per heavy atom. The first-order chi connectivity index (χ1) is 7.15. The number of carbonyl (C=O) groups is 1. The Hall–Kier alpha value is -1.73. The number of carboxylic acids is 1. The summed E-state index contributed by atoms with van der Waals surface area (Å²) in [6.45, 7) is 0. The summed E-state index contributed by atoms with van der Waals surface area (Å²) in [5.41, 5.74) is 0.487. The molecule has 1 aromatic carbocycles. The van der Waals surface area contributed by atoms with Crippen molar-refractivity contribution >= 4 is 17.6 Å². The molecular formula is C10H8ClNO3. The Labute approximate surface area is 91.7 Å². The average molecular weight is 226 g/mol. The molecule has 0 unspecified atom stereocenters. The Bertz CT molecular complexity index is 437. The molecule has 0 saturated heterocycles. The Morgan fingerprint density at radius 3 is 2.73 bits per heavy atom. The summed E-state index contributed by atoms with van der Waals surface area (Å²) in [6, 6.07) is 4.71. The fourth-order valence-electron chi connectivity index (χ4n) is 1.26. The lowest BCUT2D eigenvalue weighted by Gasteiger charge is -2.08. The number of hydrogen-bond donors (Lipinski definition) is 1. The SMILES string of the molecule is COc1ccc(C(=O)O)c(CCl)c1C#N. The maximum Gasteiger partial charge on any atom is 0.336 e. The normalized spacial score (nSPS) is 9.40. The second-order valence-corrected chi connectivity index (χ2v) is 2.99. The van der Waals surface area contributed by atoms with Crippen LogP contribution < -0.4 is 4.74 Å². The van der Waals surface area contributed by atoms with Crippen molar-refractivity contribution in [2.45, 2.75) is 5.88 Å². The van der Waals surface area contributed by atoms with E-state index in [4.69, 9.17) is 26.7 Å². The third-order valence-corrected chi connectivity index (χ3v) is 2.24. The van der Waals surface area contributed by atoms with E-state index in [9.17, 15) is 4.79 Å². The molecule has 4 nitrogen and oxygen atoms in total. The lowest BCUT2D eigenvalue weighted by molar-refractivity contribution is 0.0696. The Kier molecular flexibility index (Phi) is 3.53. The number of ether oxygens (including phenoxy) is 1. The fraction of sp³-hybridized carbons (Fsp3) is 0.200. The summed E-state index contributed by atoms with van der Waals surface area (Å²) in [4.78, 5) is 10.8. The first-order valence-electron chi connectivity index (χ1n) is 4.05. The van der Waals surface area contributed by atoms with Crippen LogP contribution in [-0.4, -0.2) is 18.2 Å². The highest BCUT2D eigenvalue weighted by molar-refractivity contribution is 6.18. The van der Waals surface area contributed by atoms with Gasteiger partial charge in [0.1, 0.15) is 11.8 Å². The molecule has 1 aromatic rings. The zero-order chi connectivity index (χ0) is 11.4. The zero-order valence-electron chi connectivity index (χ0n) is 7.95. The number of nitriles is 1. The van der Waals surface area contributed by atoms with E-state index in [2.05, 4.69) is 0 Å². The van der Waals surface area contributed by atoms with Crippen LogP contribution in [0, 0.1) is 11.3 Å². The second kappa shape index (κ2) is 4.67. The van der Waals surface area contributed by atoms with E-state index in [1.54, 1.807) is 0 Å². The second-order valence-electron chi connectivity index (χ2n) is 2.72. The third-order valence-electron chi connectivity index (χ3n) is 1.97. The van der Waals surface area contributed by atoms with Crippen LogP contribution in [0.3, 0.4) is 0 Å². The minimum absolute atomic E-state index is 0.0300. The minimum Gasteiger partial charge on any atom is -0.495 e. The van der Waals surface area contributed by atoms with Crippen LogP contribution in [0.4, 0.5) is 0 Å². The quantitative estimate of drug-likeness (QED) is 0.799. The molecule has 0 bridgehead atoms. The highest BCUT2D eigenvalue weighted by atomic mass is 35.5. The van der Waals surface area contributed by atoms with E-state index >= 15 is 0 Å². The molecule has 0 saturated carbocycles. The van der Waals surface area contributed by atoms with Gasteiger partial charge in [-0.2, -0.15) is 5.26 Å². The van der Waals surface area contributed by atoms with Gasteiger partial charge in [-0.05, 0) is 12.1 Å². The molecule has 0 atom stereocenters. The van der Waals surface area contributed by atoms with E-state index in [1.165, 1.54) is 19.2 Å². The molecule has 0 aliphatic heterocycles. The first kappa shape index (κ1) is 11.3. The molecule has 0 spiro atoms. The third kappa shape index (κ3) is 2.03. The first-order valence-corrected chi connectivity index (χ1v) is 4.58. The van der Waals surface area contributed by atoms with Crippen LogP contribution >= 0.6 is 11.6 Å². The van der Waals surface area contributed by atoms with Gasteiger partial charge in [0.05, 0.1) is 18.2 Å². The number of halogens is 1. The molecule has 1 N–H and O–H groups in total. The van der Waals surface area contributed by atoms with Crippen LogP contribution in [0.1, 0.15) is 21.5 Å². The number of aromatic carboxylic acids is 1. The fourth-order valence-corrected chi connectivity index (χ4v) is 1.54. The van der Waals surface area contributed by atoms with Crippen LogP contribution in [0.15, 0.2) is 12.1 Å². The van der Waals surface area contributed by atoms with Crippen molar-refractivity contribution < 1.29 is 14.6 Å². The molecule has 5 heteroatoms. The predicted molar refractivity (Wildman–Crippen MR) is 54.2 cm³/mol.